The smallest absolute Gasteiger partial charge is 0.116 e. The molecule has 3 nitrogen and oxygen atoms in total. The maximum atomic E-state index is 4.25. The van der Waals surface area contributed by atoms with E-state index in [0.29, 0.717) is 0 Å². The molecular formula is C14H15N3. The number of anilines is 1. The molecule has 1 saturated heterocycles. The molecule has 0 unspecified atom stereocenters. The molecule has 0 amide bonds. The molecule has 0 N–H and O–H groups in total. The average Bonchev–Trinajstić information content (AvgIpc) is 2.94. The first-order chi connectivity index (χ1) is 8.43. The molecule has 1 aliphatic heterocycles. The Morgan fingerprint density at radius 3 is 2.35 bits per heavy atom. The van der Waals surface area contributed by atoms with Gasteiger partial charge in [-0.15, -0.1) is 0 Å². The summed E-state index contributed by atoms with van der Waals surface area (Å²) in [4.78, 5) is 10.6. The van der Waals surface area contributed by atoms with E-state index in [0.717, 1.165) is 11.3 Å². The minimum atomic E-state index is 0.980. The van der Waals surface area contributed by atoms with Crippen molar-refractivity contribution in [1.29, 1.82) is 0 Å². The molecule has 1 fully saturated rings. The second kappa shape index (κ2) is 4.53. The van der Waals surface area contributed by atoms with E-state index in [-0.39, 0.29) is 0 Å². The van der Waals surface area contributed by atoms with Crippen molar-refractivity contribution in [1.82, 2.24) is 9.97 Å². The van der Waals surface area contributed by atoms with Gasteiger partial charge in [-0.25, -0.2) is 9.97 Å². The van der Waals surface area contributed by atoms with Gasteiger partial charge in [0, 0.05) is 30.5 Å². The van der Waals surface area contributed by atoms with Crippen LogP contribution in [-0.4, -0.2) is 23.1 Å². The van der Waals surface area contributed by atoms with Gasteiger partial charge >= 0.3 is 0 Å². The summed E-state index contributed by atoms with van der Waals surface area (Å²) in [5.74, 6) is 0. The molecule has 2 aromatic rings. The van der Waals surface area contributed by atoms with Gasteiger partial charge in [-0.05, 0) is 31.0 Å². The molecule has 1 aromatic heterocycles. The topological polar surface area (TPSA) is 29.0 Å². The molecule has 0 radical (unpaired) electrons. The van der Waals surface area contributed by atoms with Crippen molar-refractivity contribution in [3.8, 4) is 11.3 Å². The molecule has 3 heteroatoms. The van der Waals surface area contributed by atoms with Gasteiger partial charge in [-0.3, -0.25) is 0 Å². The van der Waals surface area contributed by atoms with Gasteiger partial charge in [0.2, 0.25) is 0 Å². The summed E-state index contributed by atoms with van der Waals surface area (Å²) in [5, 5.41) is 0. The summed E-state index contributed by atoms with van der Waals surface area (Å²) in [6.45, 7) is 2.37. The molecule has 0 saturated carbocycles. The second-order valence-electron chi connectivity index (χ2n) is 4.34. The van der Waals surface area contributed by atoms with E-state index >= 15 is 0 Å². The highest BCUT2D eigenvalue weighted by Crippen LogP contribution is 2.23. The number of rotatable bonds is 2. The Morgan fingerprint density at radius 2 is 1.71 bits per heavy atom. The van der Waals surface area contributed by atoms with Crippen LogP contribution < -0.4 is 4.90 Å². The lowest BCUT2D eigenvalue weighted by Gasteiger charge is -2.17. The highest BCUT2D eigenvalue weighted by molar-refractivity contribution is 5.62. The average molecular weight is 225 g/mol. The Labute approximate surface area is 101 Å². The van der Waals surface area contributed by atoms with Gasteiger partial charge in [0.25, 0.3) is 0 Å². The van der Waals surface area contributed by atoms with Crippen LogP contribution in [0.25, 0.3) is 11.3 Å². The van der Waals surface area contributed by atoms with E-state index in [1.165, 1.54) is 31.6 Å². The first-order valence-electron chi connectivity index (χ1n) is 6.05. The van der Waals surface area contributed by atoms with E-state index in [1.54, 1.807) is 12.5 Å². The highest BCUT2D eigenvalue weighted by atomic mass is 15.1. The van der Waals surface area contributed by atoms with E-state index in [4.69, 9.17) is 0 Å². The Hall–Kier alpha value is -1.90. The van der Waals surface area contributed by atoms with Crippen LogP contribution in [0.4, 0.5) is 5.69 Å². The van der Waals surface area contributed by atoms with Crippen molar-refractivity contribution < 1.29 is 0 Å². The largest absolute Gasteiger partial charge is 0.372 e. The summed E-state index contributed by atoms with van der Waals surface area (Å²) < 4.78 is 0. The van der Waals surface area contributed by atoms with Crippen molar-refractivity contribution in [3.63, 3.8) is 0 Å². The van der Waals surface area contributed by atoms with Crippen molar-refractivity contribution in [3.05, 3.63) is 42.9 Å². The number of benzene rings is 1. The van der Waals surface area contributed by atoms with Gasteiger partial charge in [-0.1, -0.05) is 12.1 Å². The highest BCUT2D eigenvalue weighted by Gasteiger charge is 2.11. The third-order valence-corrected chi connectivity index (χ3v) is 3.22. The molecule has 3 rings (SSSR count). The second-order valence-corrected chi connectivity index (χ2v) is 4.34. The van der Waals surface area contributed by atoms with Crippen molar-refractivity contribution in [2.75, 3.05) is 18.0 Å². The number of hydrogen-bond acceptors (Lipinski definition) is 3. The summed E-state index contributed by atoms with van der Waals surface area (Å²) in [5.41, 5.74) is 3.45. The summed E-state index contributed by atoms with van der Waals surface area (Å²) in [7, 11) is 0. The zero-order chi connectivity index (χ0) is 11.5. The quantitative estimate of drug-likeness (QED) is 0.787. The third kappa shape index (κ3) is 2.13. The molecule has 1 aromatic carbocycles. The third-order valence-electron chi connectivity index (χ3n) is 3.22. The lowest BCUT2D eigenvalue weighted by molar-refractivity contribution is 0.949. The fourth-order valence-electron chi connectivity index (χ4n) is 2.28. The maximum absolute atomic E-state index is 4.25. The van der Waals surface area contributed by atoms with Crippen molar-refractivity contribution in [2.24, 2.45) is 0 Å². The van der Waals surface area contributed by atoms with Crippen LogP contribution in [-0.2, 0) is 0 Å². The Balaban J connectivity index is 1.85. The van der Waals surface area contributed by atoms with E-state index in [2.05, 4.69) is 39.1 Å². The van der Waals surface area contributed by atoms with Crippen LogP contribution in [0.1, 0.15) is 12.8 Å². The molecular weight excluding hydrogens is 210 g/mol. The zero-order valence-electron chi connectivity index (χ0n) is 9.71. The number of nitrogens with zero attached hydrogens (tertiary/aromatic N) is 3. The molecule has 1 aliphatic rings. The predicted molar refractivity (Wildman–Crippen MR) is 68.9 cm³/mol. The normalized spacial score (nSPS) is 15.2. The Bertz CT molecular complexity index is 473. The lowest BCUT2D eigenvalue weighted by atomic mass is 10.1. The Morgan fingerprint density at radius 1 is 0.941 bits per heavy atom. The first kappa shape index (κ1) is 10.3. The predicted octanol–water partition coefficient (Wildman–Crippen LogP) is 2.74. The first-order valence-corrected chi connectivity index (χ1v) is 6.05. The SMILES string of the molecule is c1cc(-c2ccc(N3CCCC3)cc2)ncn1. The lowest BCUT2D eigenvalue weighted by Crippen LogP contribution is -2.17. The minimum Gasteiger partial charge on any atom is -0.372 e. The van der Waals surface area contributed by atoms with Gasteiger partial charge in [0.15, 0.2) is 0 Å². The van der Waals surface area contributed by atoms with Gasteiger partial charge in [-0.2, -0.15) is 0 Å². The molecule has 86 valence electrons. The molecule has 0 aliphatic carbocycles. The fourth-order valence-corrected chi connectivity index (χ4v) is 2.28. The summed E-state index contributed by atoms with van der Waals surface area (Å²) in [6, 6.07) is 10.6. The van der Waals surface area contributed by atoms with Crippen LogP contribution in [0.5, 0.6) is 0 Å². The minimum absolute atomic E-state index is 0.980. The van der Waals surface area contributed by atoms with E-state index < -0.39 is 0 Å². The summed E-state index contributed by atoms with van der Waals surface area (Å²) in [6.07, 6.45) is 5.99. The van der Waals surface area contributed by atoms with Crippen LogP contribution in [0.15, 0.2) is 42.9 Å². The van der Waals surface area contributed by atoms with Gasteiger partial charge in [0.1, 0.15) is 6.33 Å². The van der Waals surface area contributed by atoms with Gasteiger partial charge in [0.05, 0.1) is 5.69 Å². The monoisotopic (exact) mass is 225 g/mol. The van der Waals surface area contributed by atoms with Crippen LogP contribution in [0, 0.1) is 0 Å². The van der Waals surface area contributed by atoms with Gasteiger partial charge < -0.3 is 4.90 Å². The summed E-state index contributed by atoms with van der Waals surface area (Å²) >= 11 is 0. The van der Waals surface area contributed by atoms with E-state index in [9.17, 15) is 0 Å². The number of hydrogen-bond donors (Lipinski definition) is 0. The molecule has 0 spiro atoms. The molecule has 0 atom stereocenters. The fraction of sp³-hybridized carbons (Fsp3) is 0.286. The van der Waals surface area contributed by atoms with Crippen LogP contribution in [0.3, 0.4) is 0 Å². The maximum Gasteiger partial charge on any atom is 0.116 e. The Kier molecular flexibility index (Phi) is 2.74. The zero-order valence-corrected chi connectivity index (χ0v) is 9.71. The standard InChI is InChI=1S/C14H15N3/c1-2-10-17(9-1)13-5-3-12(4-6-13)14-7-8-15-11-16-14/h3-8,11H,1-2,9-10H2. The number of aromatic nitrogens is 2. The molecule has 17 heavy (non-hydrogen) atoms. The van der Waals surface area contributed by atoms with Crippen molar-refractivity contribution in [2.45, 2.75) is 12.8 Å². The van der Waals surface area contributed by atoms with Crippen LogP contribution in [0.2, 0.25) is 0 Å². The molecule has 2 heterocycles. The molecule has 0 bridgehead atoms. The van der Waals surface area contributed by atoms with Crippen LogP contribution >= 0.6 is 0 Å². The van der Waals surface area contributed by atoms with E-state index in [1.807, 2.05) is 6.07 Å². The van der Waals surface area contributed by atoms with Crippen molar-refractivity contribution >= 4 is 5.69 Å².